The predicted octanol–water partition coefficient (Wildman–Crippen LogP) is 5.16. The Morgan fingerprint density at radius 3 is 2.57 bits per heavy atom. The monoisotopic (exact) mass is 462 g/mol. The molecule has 0 aliphatic carbocycles. The van der Waals surface area contributed by atoms with Crippen LogP contribution >= 0.6 is 45.8 Å². The van der Waals surface area contributed by atoms with E-state index in [-0.39, 0.29) is 10.7 Å². The highest BCUT2D eigenvalue weighted by atomic mass is 127. The molecule has 0 bridgehead atoms. The number of anilines is 1. The van der Waals surface area contributed by atoms with Crippen molar-refractivity contribution in [2.75, 3.05) is 5.32 Å². The van der Waals surface area contributed by atoms with Crippen molar-refractivity contribution >= 4 is 69.2 Å². The van der Waals surface area contributed by atoms with Gasteiger partial charge in [0.1, 0.15) is 5.02 Å². The molecule has 2 rings (SSSR count). The minimum absolute atomic E-state index is 0.0438. The number of rotatable bonds is 4. The van der Waals surface area contributed by atoms with Gasteiger partial charge < -0.3 is 5.32 Å². The van der Waals surface area contributed by atoms with Gasteiger partial charge in [0, 0.05) is 15.7 Å². The molecule has 5 nitrogen and oxygen atoms in total. The van der Waals surface area contributed by atoms with Crippen LogP contribution in [0.15, 0.2) is 42.5 Å². The first-order chi connectivity index (χ1) is 10.9. The molecule has 0 atom stereocenters. The molecule has 2 aromatic rings. The Hall–Kier alpha value is -1.64. The molecule has 0 spiro atoms. The van der Waals surface area contributed by atoms with E-state index in [9.17, 15) is 14.9 Å². The lowest BCUT2D eigenvalue weighted by Crippen LogP contribution is -2.08. The lowest BCUT2D eigenvalue weighted by Gasteiger charge is -2.05. The molecule has 0 aliphatic rings. The Bertz CT molecular complexity index is 809. The molecular formula is C15H9Cl2IN2O3. The standard InChI is InChI=1S/C15H9Cl2IN2O3/c16-11-4-1-9(7-14(11)20(22)23)2-6-15(21)19-13-5-3-10(18)8-12(13)17/h1-8H,(H,19,21). The molecule has 8 heteroatoms. The molecule has 0 unspecified atom stereocenters. The molecule has 0 saturated heterocycles. The zero-order valence-corrected chi connectivity index (χ0v) is 15.1. The molecule has 0 saturated carbocycles. The SMILES string of the molecule is O=C(C=Cc1ccc(Cl)c([N+](=O)[O-])c1)Nc1ccc(I)cc1Cl. The summed E-state index contributed by atoms with van der Waals surface area (Å²) in [6.45, 7) is 0. The number of nitro groups is 1. The van der Waals surface area contributed by atoms with E-state index < -0.39 is 10.8 Å². The fraction of sp³-hybridized carbons (Fsp3) is 0. The lowest BCUT2D eigenvalue weighted by atomic mass is 10.2. The smallest absolute Gasteiger partial charge is 0.288 e. The molecule has 0 aromatic heterocycles. The van der Waals surface area contributed by atoms with Crippen molar-refractivity contribution in [1.82, 2.24) is 0 Å². The highest BCUT2D eigenvalue weighted by Gasteiger charge is 2.11. The molecule has 1 amide bonds. The Kier molecular flexibility index (Phi) is 5.97. The number of nitro benzene ring substituents is 1. The molecule has 0 fully saturated rings. The molecule has 118 valence electrons. The van der Waals surface area contributed by atoms with Crippen molar-refractivity contribution in [3.05, 3.63) is 71.8 Å². The van der Waals surface area contributed by atoms with Gasteiger partial charge in [0.15, 0.2) is 0 Å². The Morgan fingerprint density at radius 1 is 1.17 bits per heavy atom. The quantitative estimate of drug-likeness (QED) is 0.295. The van der Waals surface area contributed by atoms with Crippen molar-refractivity contribution in [2.45, 2.75) is 0 Å². The molecule has 0 aliphatic heterocycles. The van der Waals surface area contributed by atoms with Crippen LogP contribution in [0.2, 0.25) is 10.0 Å². The number of hydrogen-bond donors (Lipinski definition) is 1. The number of benzene rings is 2. The Balaban J connectivity index is 2.12. The van der Waals surface area contributed by atoms with Crippen LogP contribution < -0.4 is 5.32 Å². The van der Waals surface area contributed by atoms with Crippen LogP contribution in [0.5, 0.6) is 0 Å². The predicted molar refractivity (Wildman–Crippen MR) is 99.9 cm³/mol. The van der Waals surface area contributed by atoms with Gasteiger partial charge >= 0.3 is 0 Å². The molecule has 23 heavy (non-hydrogen) atoms. The van der Waals surface area contributed by atoms with Crippen LogP contribution in [-0.4, -0.2) is 10.8 Å². The van der Waals surface area contributed by atoms with Gasteiger partial charge in [0.05, 0.1) is 15.6 Å². The van der Waals surface area contributed by atoms with Crippen molar-refractivity contribution in [1.29, 1.82) is 0 Å². The summed E-state index contributed by atoms with van der Waals surface area (Å²) in [5.74, 6) is -0.397. The van der Waals surface area contributed by atoms with Gasteiger partial charge in [-0.25, -0.2) is 0 Å². The average molecular weight is 463 g/mol. The largest absolute Gasteiger partial charge is 0.321 e. The highest BCUT2D eigenvalue weighted by molar-refractivity contribution is 14.1. The van der Waals surface area contributed by atoms with Gasteiger partial charge in [0.2, 0.25) is 5.91 Å². The minimum Gasteiger partial charge on any atom is -0.321 e. The first kappa shape index (κ1) is 17.7. The van der Waals surface area contributed by atoms with Crippen LogP contribution in [0, 0.1) is 13.7 Å². The molecule has 2 aromatic carbocycles. The summed E-state index contributed by atoms with van der Waals surface area (Å²) < 4.78 is 0.953. The second kappa shape index (κ2) is 7.76. The topological polar surface area (TPSA) is 72.2 Å². The van der Waals surface area contributed by atoms with Gasteiger partial charge in [-0.15, -0.1) is 0 Å². The zero-order chi connectivity index (χ0) is 17.0. The van der Waals surface area contributed by atoms with Crippen LogP contribution in [0.1, 0.15) is 5.56 Å². The number of halogens is 3. The normalized spacial score (nSPS) is 10.7. The average Bonchev–Trinajstić information content (AvgIpc) is 2.49. The van der Waals surface area contributed by atoms with Crippen molar-refractivity contribution in [3.8, 4) is 0 Å². The summed E-state index contributed by atoms with van der Waals surface area (Å²) in [5, 5.41) is 13.9. The Labute approximate surface area is 155 Å². The van der Waals surface area contributed by atoms with E-state index in [0.29, 0.717) is 16.3 Å². The van der Waals surface area contributed by atoms with E-state index in [4.69, 9.17) is 23.2 Å². The number of nitrogens with one attached hydrogen (secondary N) is 1. The number of carbonyl (C=O) groups excluding carboxylic acids is 1. The van der Waals surface area contributed by atoms with E-state index in [1.807, 2.05) is 6.07 Å². The van der Waals surface area contributed by atoms with Crippen LogP contribution in [-0.2, 0) is 4.79 Å². The number of nitrogens with zero attached hydrogens (tertiary/aromatic N) is 1. The second-order valence-corrected chi connectivity index (χ2v) is 6.47. The van der Waals surface area contributed by atoms with Crippen LogP contribution in [0.25, 0.3) is 6.08 Å². The third-order valence-electron chi connectivity index (χ3n) is 2.78. The van der Waals surface area contributed by atoms with Crippen LogP contribution in [0.4, 0.5) is 11.4 Å². The van der Waals surface area contributed by atoms with E-state index in [2.05, 4.69) is 27.9 Å². The summed E-state index contributed by atoms with van der Waals surface area (Å²) in [4.78, 5) is 22.1. The first-order valence-corrected chi connectivity index (χ1v) is 8.08. The van der Waals surface area contributed by atoms with Crippen molar-refractivity contribution in [2.24, 2.45) is 0 Å². The maximum Gasteiger partial charge on any atom is 0.288 e. The summed E-state index contributed by atoms with van der Waals surface area (Å²) in [6.07, 6.45) is 2.72. The van der Waals surface area contributed by atoms with Gasteiger partial charge in [-0.05, 0) is 58.5 Å². The maximum atomic E-state index is 11.9. The van der Waals surface area contributed by atoms with Gasteiger partial charge in [-0.3, -0.25) is 14.9 Å². The number of carbonyl (C=O) groups is 1. The van der Waals surface area contributed by atoms with E-state index in [1.165, 1.54) is 24.3 Å². The third-order valence-corrected chi connectivity index (χ3v) is 4.09. The molecular weight excluding hydrogens is 454 g/mol. The van der Waals surface area contributed by atoms with E-state index >= 15 is 0 Å². The third kappa shape index (κ3) is 4.92. The van der Waals surface area contributed by atoms with Crippen molar-refractivity contribution < 1.29 is 9.72 Å². The lowest BCUT2D eigenvalue weighted by molar-refractivity contribution is -0.384. The molecule has 0 radical (unpaired) electrons. The fourth-order valence-corrected chi connectivity index (χ4v) is 2.80. The van der Waals surface area contributed by atoms with E-state index in [0.717, 1.165) is 3.57 Å². The summed E-state index contributed by atoms with van der Waals surface area (Å²) >= 11 is 13.9. The molecule has 0 heterocycles. The van der Waals surface area contributed by atoms with Crippen LogP contribution in [0.3, 0.4) is 0 Å². The zero-order valence-electron chi connectivity index (χ0n) is 11.4. The second-order valence-electron chi connectivity index (χ2n) is 4.41. The molecule has 1 N–H and O–H groups in total. The highest BCUT2D eigenvalue weighted by Crippen LogP contribution is 2.26. The van der Waals surface area contributed by atoms with E-state index in [1.54, 1.807) is 18.2 Å². The maximum absolute atomic E-state index is 11.9. The minimum atomic E-state index is -0.578. The fourth-order valence-electron chi connectivity index (χ4n) is 1.71. The van der Waals surface area contributed by atoms with Gasteiger partial charge in [-0.1, -0.05) is 29.3 Å². The number of hydrogen-bond acceptors (Lipinski definition) is 3. The van der Waals surface area contributed by atoms with Crippen molar-refractivity contribution in [3.63, 3.8) is 0 Å². The first-order valence-electron chi connectivity index (χ1n) is 6.25. The summed E-state index contributed by atoms with van der Waals surface area (Å²) in [6, 6.07) is 9.52. The summed E-state index contributed by atoms with van der Waals surface area (Å²) in [5.41, 5.74) is 0.767. The summed E-state index contributed by atoms with van der Waals surface area (Å²) in [7, 11) is 0. The Morgan fingerprint density at radius 2 is 1.91 bits per heavy atom. The van der Waals surface area contributed by atoms with Gasteiger partial charge in [0.25, 0.3) is 5.69 Å². The number of amides is 1. The van der Waals surface area contributed by atoms with Gasteiger partial charge in [-0.2, -0.15) is 0 Å².